The van der Waals surface area contributed by atoms with Gasteiger partial charge >= 0.3 is 0 Å². The van der Waals surface area contributed by atoms with E-state index in [1.165, 1.54) is 12.1 Å². The highest BCUT2D eigenvalue weighted by atomic mass is 79.9. The second-order valence-corrected chi connectivity index (χ2v) is 7.59. The number of ketones is 1. The molecule has 0 aliphatic heterocycles. The van der Waals surface area contributed by atoms with Gasteiger partial charge in [0.2, 0.25) is 0 Å². The monoisotopic (exact) mass is 469 g/mol. The van der Waals surface area contributed by atoms with Crippen molar-refractivity contribution in [3.8, 4) is 0 Å². The summed E-state index contributed by atoms with van der Waals surface area (Å²) in [6.45, 7) is -0.977. The molecule has 0 spiro atoms. The fourth-order valence-electron chi connectivity index (χ4n) is 3.32. The van der Waals surface area contributed by atoms with Crippen LogP contribution in [0, 0.1) is 5.82 Å². The third kappa shape index (κ3) is 4.35. The van der Waals surface area contributed by atoms with E-state index in [1.807, 2.05) is 0 Å². The van der Waals surface area contributed by atoms with Crippen molar-refractivity contribution in [2.75, 3.05) is 18.5 Å². The van der Waals surface area contributed by atoms with Crippen LogP contribution in [0.3, 0.4) is 0 Å². The first-order chi connectivity index (χ1) is 13.9. The van der Waals surface area contributed by atoms with Crippen molar-refractivity contribution in [3.05, 3.63) is 45.3 Å². The summed E-state index contributed by atoms with van der Waals surface area (Å²) in [5, 5.41) is 21.1. The number of hydrogen-bond donors (Lipinski definition) is 4. The molecule has 1 aliphatic rings. The van der Waals surface area contributed by atoms with Gasteiger partial charge in [-0.05, 0) is 36.6 Å². The molecule has 0 radical (unpaired) electrons. The molecule has 8 nitrogen and oxygen atoms in total. The van der Waals surface area contributed by atoms with Gasteiger partial charge in [0.25, 0.3) is 5.91 Å². The SMILES string of the molecule is Cn1c(Nc2ccc(Br)cc2F)c(C(=O)NOC(CO)CO)c2c1C(=O)CCC2. The van der Waals surface area contributed by atoms with Crippen LogP contribution in [0.2, 0.25) is 0 Å². The van der Waals surface area contributed by atoms with Crippen molar-refractivity contribution >= 4 is 39.1 Å². The van der Waals surface area contributed by atoms with Gasteiger partial charge in [-0.1, -0.05) is 15.9 Å². The number of carbonyl (C=O) groups excluding carboxylic acids is 2. The van der Waals surface area contributed by atoms with E-state index >= 15 is 0 Å². The summed E-state index contributed by atoms with van der Waals surface area (Å²) in [5.41, 5.74) is 3.44. The van der Waals surface area contributed by atoms with Gasteiger partial charge in [0.05, 0.1) is 30.2 Å². The zero-order valence-electron chi connectivity index (χ0n) is 15.7. The molecule has 1 aromatic carbocycles. The predicted molar refractivity (Wildman–Crippen MR) is 107 cm³/mol. The number of benzene rings is 1. The van der Waals surface area contributed by atoms with E-state index in [1.54, 1.807) is 17.7 Å². The normalized spacial score (nSPS) is 13.5. The van der Waals surface area contributed by atoms with E-state index in [0.717, 1.165) is 0 Å². The average Bonchev–Trinajstić information content (AvgIpc) is 2.97. The second-order valence-electron chi connectivity index (χ2n) is 6.67. The lowest BCUT2D eigenvalue weighted by molar-refractivity contribution is -0.0618. The fraction of sp³-hybridized carbons (Fsp3) is 0.368. The Labute approximate surface area is 174 Å². The molecule has 156 valence electrons. The molecule has 0 atom stereocenters. The van der Waals surface area contributed by atoms with Crippen LogP contribution in [0.25, 0.3) is 0 Å². The molecular formula is C19H21BrFN3O5. The Morgan fingerprint density at radius 2 is 2.07 bits per heavy atom. The van der Waals surface area contributed by atoms with Crippen molar-refractivity contribution in [1.82, 2.24) is 10.0 Å². The molecule has 1 aliphatic carbocycles. The van der Waals surface area contributed by atoms with Gasteiger partial charge in [-0.2, -0.15) is 0 Å². The maximum atomic E-state index is 14.4. The van der Waals surface area contributed by atoms with Crippen molar-refractivity contribution in [2.45, 2.75) is 25.4 Å². The smallest absolute Gasteiger partial charge is 0.278 e. The molecule has 29 heavy (non-hydrogen) atoms. The van der Waals surface area contributed by atoms with Crippen molar-refractivity contribution in [2.24, 2.45) is 7.05 Å². The zero-order valence-corrected chi connectivity index (χ0v) is 17.3. The van der Waals surface area contributed by atoms with E-state index in [4.69, 9.17) is 15.1 Å². The maximum absolute atomic E-state index is 14.4. The molecule has 0 saturated heterocycles. The van der Waals surface area contributed by atoms with E-state index in [9.17, 15) is 14.0 Å². The van der Waals surface area contributed by atoms with Gasteiger partial charge in [0.1, 0.15) is 17.7 Å². The summed E-state index contributed by atoms with van der Waals surface area (Å²) in [4.78, 5) is 30.3. The number of halogens is 2. The van der Waals surface area contributed by atoms with Gasteiger partial charge in [0, 0.05) is 17.9 Å². The van der Waals surface area contributed by atoms with Crippen LogP contribution in [0.4, 0.5) is 15.9 Å². The van der Waals surface area contributed by atoms with Crippen LogP contribution in [0.5, 0.6) is 0 Å². The lowest BCUT2D eigenvalue weighted by Gasteiger charge is -2.15. The van der Waals surface area contributed by atoms with Crippen molar-refractivity contribution in [3.63, 3.8) is 0 Å². The minimum Gasteiger partial charge on any atom is -0.393 e. The van der Waals surface area contributed by atoms with E-state index in [2.05, 4.69) is 26.7 Å². The molecule has 10 heteroatoms. The molecule has 1 aromatic heterocycles. The van der Waals surface area contributed by atoms with Crippen LogP contribution in [-0.4, -0.2) is 45.8 Å². The summed E-state index contributed by atoms with van der Waals surface area (Å²) in [6.07, 6.45) is 0.483. The number of hydrogen-bond acceptors (Lipinski definition) is 6. The first-order valence-corrected chi connectivity index (χ1v) is 9.81. The van der Waals surface area contributed by atoms with Crippen LogP contribution in [0.15, 0.2) is 22.7 Å². The number of anilines is 2. The highest BCUT2D eigenvalue weighted by molar-refractivity contribution is 9.10. The number of rotatable bonds is 7. The number of Topliss-reactive ketones (excluding diaryl/α,β-unsaturated/α-hetero) is 1. The Hall–Kier alpha value is -2.27. The summed E-state index contributed by atoms with van der Waals surface area (Å²) in [6, 6.07) is 4.45. The number of hydroxylamine groups is 1. The molecule has 1 heterocycles. The summed E-state index contributed by atoms with van der Waals surface area (Å²) < 4.78 is 16.5. The standard InChI is InChI=1S/C19H21BrFN3O5/c1-24-17-12(3-2-4-15(17)27)16(19(28)23-29-11(8-25)9-26)18(24)22-14-6-5-10(20)7-13(14)21/h5-7,11,22,25-26H,2-4,8-9H2,1H3,(H,23,28). The Balaban J connectivity index is 2.02. The molecule has 0 unspecified atom stereocenters. The summed E-state index contributed by atoms with van der Waals surface area (Å²) in [7, 11) is 1.63. The molecular weight excluding hydrogens is 449 g/mol. The van der Waals surface area contributed by atoms with Gasteiger partial charge in [0.15, 0.2) is 5.78 Å². The Bertz CT molecular complexity index is 942. The quantitative estimate of drug-likeness (QED) is 0.462. The molecule has 0 fully saturated rings. The Morgan fingerprint density at radius 3 is 2.72 bits per heavy atom. The van der Waals surface area contributed by atoms with E-state index < -0.39 is 31.0 Å². The van der Waals surface area contributed by atoms with Crippen molar-refractivity contribution < 1.29 is 29.0 Å². The van der Waals surface area contributed by atoms with E-state index in [0.29, 0.717) is 35.0 Å². The largest absolute Gasteiger partial charge is 0.393 e. The topological polar surface area (TPSA) is 113 Å². The van der Waals surface area contributed by atoms with Gasteiger partial charge < -0.3 is 20.1 Å². The molecule has 1 amide bonds. The Kier molecular flexibility index (Phi) is 6.68. The van der Waals surface area contributed by atoms with Crippen LogP contribution in [0.1, 0.15) is 39.3 Å². The Morgan fingerprint density at radius 1 is 1.34 bits per heavy atom. The molecule has 0 bridgehead atoms. The lowest BCUT2D eigenvalue weighted by atomic mass is 9.93. The summed E-state index contributed by atoms with van der Waals surface area (Å²) in [5.74, 6) is -1.05. The number of aliphatic hydroxyl groups is 2. The zero-order chi connectivity index (χ0) is 21.1. The average molecular weight is 470 g/mol. The number of nitrogens with one attached hydrogen (secondary N) is 2. The summed E-state index contributed by atoms with van der Waals surface area (Å²) >= 11 is 3.20. The van der Waals surface area contributed by atoms with Crippen LogP contribution >= 0.6 is 15.9 Å². The lowest BCUT2D eigenvalue weighted by Crippen LogP contribution is -2.34. The predicted octanol–water partition coefficient (Wildman–Crippen LogP) is 2.20. The van der Waals surface area contributed by atoms with E-state index in [-0.39, 0.29) is 22.9 Å². The number of carbonyl (C=O) groups is 2. The number of nitrogens with zero attached hydrogens (tertiary/aromatic N) is 1. The highest BCUT2D eigenvalue weighted by Gasteiger charge is 2.32. The first kappa shape index (κ1) is 21.4. The van der Waals surface area contributed by atoms with Gasteiger partial charge in [-0.3, -0.25) is 14.4 Å². The molecule has 0 saturated carbocycles. The van der Waals surface area contributed by atoms with Crippen LogP contribution < -0.4 is 10.8 Å². The third-order valence-corrected chi connectivity index (χ3v) is 5.22. The number of aromatic nitrogens is 1. The second kappa shape index (κ2) is 9.04. The highest BCUT2D eigenvalue weighted by Crippen LogP contribution is 2.35. The number of fused-ring (bicyclic) bond motifs is 1. The first-order valence-electron chi connectivity index (χ1n) is 9.01. The molecule has 2 aromatic rings. The van der Waals surface area contributed by atoms with Gasteiger partial charge in [-0.25, -0.2) is 9.87 Å². The minimum atomic E-state index is -0.986. The minimum absolute atomic E-state index is 0.100. The third-order valence-electron chi connectivity index (χ3n) is 4.73. The van der Waals surface area contributed by atoms with Gasteiger partial charge in [-0.15, -0.1) is 0 Å². The number of aliphatic hydroxyl groups excluding tert-OH is 2. The van der Waals surface area contributed by atoms with Crippen LogP contribution in [-0.2, 0) is 18.3 Å². The fourth-order valence-corrected chi connectivity index (χ4v) is 3.65. The molecule has 4 N–H and O–H groups in total. The maximum Gasteiger partial charge on any atom is 0.278 e. The number of amides is 1. The van der Waals surface area contributed by atoms with Crippen molar-refractivity contribution in [1.29, 1.82) is 0 Å². The molecule has 3 rings (SSSR count).